The van der Waals surface area contributed by atoms with Crippen molar-refractivity contribution >= 4 is 23.7 Å². The number of rotatable bonds is 9. The number of nitrogens with one attached hydrogen (secondary N) is 1. The lowest BCUT2D eigenvalue weighted by molar-refractivity contribution is -0.157. The van der Waals surface area contributed by atoms with Crippen LogP contribution < -0.4 is 29.0 Å². The Morgan fingerprint density at radius 1 is 1.08 bits per heavy atom. The summed E-state index contributed by atoms with van der Waals surface area (Å²) >= 11 is 1.49. The van der Waals surface area contributed by atoms with Gasteiger partial charge in [-0.3, -0.25) is 19.9 Å². The van der Waals surface area contributed by atoms with Crippen LogP contribution in [0.2, 0.25) is 0 Å². The fourth-order valence-corrected chi connectivity index (χ4v) is 12.7. The third-order valence-electron chi connectivity index (χ3n) is 13.6. The molecule has 7 aliphatic rings. The second kappa shape index (κ2) is 16.0. The van der Waals surface area contributed by atoms with E-state index in [4.69, 9.17) is 28.4 Å². The normalized spacial score (nSPS) is 27.2. The first kappa shape index (κ1) is 41.2. The monoisotopic (exact) mass is 852 g/mol. The van der Waals surface area contributed by atoms with E-state index in [2.05, 4.69) is 40.8 Å². The van der Waals surface area contributed by atoms with Crippen molar-refractivity contribution in [3.05, 3.63) is 75.4 Å². The van der Waals surface area contributed by atoms with Gasteiger partial charge in [0, 0.05) is 59.6 Å². The number of esters is 2. The summed E-state index contributed by atoms with van der Waals surface area (Å²) in [4.78, 5) is 33.3. The Kier molecular flexibility index (Phi) is 10.8. The molecule has 0 amide bonds. The lowest BCUT2D eigenvalue weighted by atomic mass is 9.71. The van der Waals surface area contributed by atoms with Crippen molar-refractivity contribution in [3.8, 4) is 46.3 Å². The summed E-state index contributed by atoms with van der Waals surface area (Å²) in [6, 6.07) is 5.14. The molecular formula is C46H52N4O10S. The lowest BCUT2D eigenvalue weighted by Gasteiger charge is -2.62. The van der Waals surface area contributed by atoms with Crippen LogP contribution in [0, 0.1) is 25.2 Å². The highest BCUT2D eigenvalue weighted by atomic mass is 32.2. The second-order valence-corrected chi connectivity index (χ2v) is 17.9. The van der Waals surface area contributed by atoms with Gasteiger partial charge >= 0.3 is 11.9 Å². The Morgan fingerprint density at radius 2 is 1.89 bits per heavy atom. The number of carbonyl (C=O) groups excluding carboxylic acids is 2. The third-order valence-corrected chi connectivity index (χ3v) is 15.0. The van der Waals surface area contributed by atoms with Crippen molar-refractivity contribution in [3.63, 3.8) is 0 Å². The number of ether oxygens (including phenoxy) is 6. The molecule has 322 valence electrons. The van der Waals surface area contributed by atoms with Crippen LogP contribution in [0.1, 0.15) is 94.4 Å². The van der Waals surface area contributed by atoms with Gasteiger partial charge in [0.25, 0.3) is 0 Å². The van der Waals surface area contributed by atoms with Crippen LogP contribution >= 0.6 is 11.8 Å². The van der Waals surface area contributed by atoms with E-state index < -0.39 is 40.9 Å². The second-order valence-electron chi connectivity index (χ2n) is 16.7. The number of hydrogen-bond donors (Lipinski definition) is 3. The van der Waals surface area contributed by atoms with E-state index in [0.717, 1.165) is 29.5 Å². The van der Waals surface area contributed by atoms with Crippen molar-refractivity contribution in [1.82, 2.24) is 15.1 Å². The van der Waals surface area contributed by atoms with Gasteiger partial charge in [0.1, 0.15) is 18.4 Å². The van der Waals surface area contributed by atoms with Crippen LogP contribution in [0.15, 0.2) is 30.9 Å². The van der Waals surface area contributed by atoms with Gasteiger partial charge < -0.3 is 38.6 Å². The fourth-order valence-electron chi connectivity index (χ4n) is 11.0. The van der Waals surface area contributed by atoms with Gasteiger partial charge in [-0.05, 0) is 67.5 Å². The van der Waals surface area contributed by atoms with Crippen LogP contribution in [0.4, 0.5) is 0 Å². The van der Waals surface area contributed by atoms with E-state index in [-0.39, 0.29) is 54.8 Å². The van der Waals surface area contributed by atoms with E-state index in [0.29, 0.717) is 83.2 Å². The molecule has 10 rings (SSSR count). The van der Waals surface area contributed by atoms with Gasteiger partial charge in [-0.25, -0.2) is 4.79 Å². The van der Waals surface area contributed by atoms with Crippen molar-refractivity contribution in [2.45, 2.75) is 100 Å². The number of nitrogens with zero attached hydrogens (tertiary/aromatic N) is 3. The Balaban J connectivity index is 1.33. The number of thioether (sulfide) groups is 1. The molecule has 15 heteroatoms. The van der Waals surface area contributed by atoms with Gasteiger partial charge in [-0.2, -0.15) is 5.26 Å². The number of aromatic hydroxyl groups is 2. The SMILES string of the molecule is C=CCN1[C@@H]2c3c(cc(C)c(OC)c3O)C[C@@H]1[C@H](C#N)N1C2[C@@H]2SC[C@]3(NCCc4cc(O)c(OC)cc43)C(=O)OC[C@@H]1c1c3c(c(C)c(OC(=O)CCCCC)c12)OCO3. The minimum atomic E-state index is -1.39. The molecule has 7 heterocycles. The number of hydrogen-bond acceptors (Lipinski definition) is 15. The van der Waals surface area contributed by atoms with Gasteiger partial charge in [0.2, 0.25) is 6.79 Å². The maximum Gasteiger partial charge on any atom is 0.331 e. The summed E-state index contributed by atoms with van der Waals surface area (Å²) in [6.45, 7) is 10.6. The lowest BCUT2D eigenvalue weighted by Crippen LogP contribution is -2.70. The zero-order chi connectivity index (χ0) is 42.9. The van der Waals surface area contributed by atoms with Gasteiger partial charge in [0.15, 0.2) is 40.0 Å². The molecule has 0 aliphatic carbocycles. The highest BCUT2D eigenvalue weighted by Gasteiger charge is 2.62. The summed E-state index contributed by atoms with van der Waals surface area (Å²) < 4.78 is 36.9. The summed E-state index contributed by atoms with van der Waals surface area (Å²) in [5.74, 6) is 1.13. The molecule has 14 nitrogen and oxygen atoms in total. The minimum absolute atomic E-state index is 0.0252. The number of fused-ring (bicyclic) bond motifs is 9. The summed E-state index contributed by atoms with van der Waals surface area (Å²) in [7, 11) is 3.01. The van der Waals surface area contributed by atoms with E-state index in [1.165, 1.54) is 18.9 Å². The van der Waals surface area contributed by atoms with Crippen molar-refractivity contribution in [2.75, 3.05) is 46.5 Å². The quantitative estimate of drug-likeness (QED) is 0.0975. The number of piperazine rings is 1. The minimum Gasteiger partial charge on any atom is -0.504 e. The molecule has 0 saturated carbocycles. The molecule has 3 N–H and O–H groups in total. The van der Waals surface area contributed by atoms with Crippen LogP contribution in [-0.4, -0.2) is 96.5 Å². The number of benzene rings is 3. The number of methoxy groups -OCH3 is 2. The van der Waals surface area contributed by atoms with Crippen molar-refractivity contribution < 1.29 is 48.2 Å². The van der Waals surface area contributed by atoms with E-state index in [9.17, 15) is 25.1 Å². The number of carbonyl (C=O) groups is 2. The number of phenols is 2. The standard InChI is InChI=1S/C46H52N4O10S/c1-7-9-10-11-33(52)60-41-24(4)42-43(59-22-58-42)35-30-20-57-45(54)46(27-18-32(55-5)31(51)17-25(27)12-13-48-46)21-61-44(36(35)41)38-37-34-26(15-23(3)40(56-6)39(34)53)16-28(49(37)14-8-2)29(19-47)50(30)38/h8,15,17-18,28-30,37-38,44,48,51,53H,2,7,9-14,16,20-22H2,1,3-6H3/t28-,29+,30-,37-,38?,44-,46-/m1/s1. The molecular weight excluding hydrogens is 801 g/mol. The van der Waals surface area contributed by atoms with Crippen LogP contribution in [0.3, 0.4) is 0 Å². The summed E-state index contributed by atoms with van der Waals surface area (Å²) in [5.41, 5.74) is 4.40. The van der Waals surface area contributed by atoms with E-state index in [1.807, 2.05) is 19.9 Å². The summed E-state index contributed by atoms with van der Waals surface area (Å²) in [6.07, 6.45) is 5.54. The number of unbranched alkanes of at least 4 members (excludes halogenated alkanes) is 2. The van der Waals surface area contributed by atoms with Crippen LogP contribution in [0.25, 0.3) is 0 Å². The fraction of sp³-hybridized carbons (Fsp3) is 0.500. The topological polar surface area (TPSA) is 172 Å². The molecule has 61 heavy (non-hydrogen) atoms. The van der Waals surface area contributed by atoms with Crippen molar-refractivity contribution in [1.29, 1.82) is 5.26 Å². The van der Waals surface area contributed by atoms with E-state index >= 15 is 0 Å². The Bertz CT molecular complexity index is 2370. The Labute approximate surface area is 359 Å². The average molecular weight is 853 g/mol. The first-order chi connectivity index (χ1) is 29.5. The van der Waals surface area contributed by atoms with Gasteiger partial charge in [0.05, 0.1) is 37.6 Å². The van der Waals surface area contributed by atoms with Gasteiger partial charge in [-0.15, -0.1) is 18.3 Å². The molecule has 3 aromatic carbocycles. The van der Waals surface area contributed by atoms with Crippen LogP contribution in [0.5, 0.6) is 40.2 Å². The summed E-state index contributed by atoms with van der Waals surface area (Å²) in [5, 5.41) is 37.5. The highest BCUT2D eigenvalue weighted by molar-refractivity contribution is 7.99. The molecule has 0 radical (unpaired) electrons. The molecule has 2 saturated heterocycles. The molecule has 2 fully saturated rings. The molecule has 1 unspecified atom stereocenters. The molecule has 7 aliphatic heterocycles. The van der Waals surface area contributed by atoms with E-state index in [1.54, 1.807) is 19.2 Å². The third kappa shape index (κ3) is 6.23. The van der Waals surface area contributed by atoms with Gasteiger partial charge in [-0.1, -0.05) is 31.9 Å². The Morgan fingerprint density at radius 3 is 2.62 bits per heavy atom. The first-order valence-corrected chi connectivity index (χ1v) is 22.1. The smallest absolute Gasteiger partial charge is 0.331 e. The predicted molar refractivity (Wildman–Crippen MR) is 226 cm³/mol. The number of aryl methyl sites for hydroxylation is 1. The largest absolute Gasteiger partial charge is 0.504 e. The zero-order valence-corrected chi connectivity index (χ0v) is 36.0. The molecule has 0 aromatic heterocycles. The molecule has 4 bridgehead atoms. The first-order valence-electron chi connectivity index (χ1n) is 21.1. The average Bonchev–Trinajstić information content (AvgIpc) is 3.74. The van der Waals surface area contributed by atoms with Crippen LogP contribution in [-0.2, 0) is 32.7 Å². The number of nitriles is 1. The maximum atomic E-state index is 14.9. The molecule has 1 spiro atoms. The highest BCUT2D eigenvalue weighted by Crippen LogP contribution is 2.65. The molecule has 7 atom stereocenters. The maximum absolute atomic E-state index is 14.9. The Hall–Kier alpha value is -5.14. The predicted octanol–water partition coefficient (Wildman–Crippen LogP) is 6.10. The van der Waals surface area contributed by atoms with Crippen molar-refractivity contribution in [2.24, 2.45) is 0 Å². The zero-order valence-electron chi connectivity index (χ0n) is 35.2. The number of phenolic OH excluding ortho intramolecular Hbond substituents is 2. The molecule has 3 aromatic rings.